The lowest BCUT2D eigenvalue weighted by molar-refractivity contribution is 0.0960. The third kappa shape index (κ3) is 4.36. The summed E-state index contributed by atoms with van der Waals surface area (Å²) in [6.07, 6.45) is 4.47. The van der Waals surface area contributed by atoms with Crippen LogP contribution < -0.4 is 5.32 Å². The summed E-state index contributed by atoms with van der Waals surface area (Å²) >= 11 is 0. The topological polar surface area (TPSA) is 69.9 Å². The van der Waals surface area contributed by atoms with E-state index in [1.54, 1.807) is 18.8 Å². The van der Waals surface area contributed by atoms with Crippen molar-refractivity contribution in [2.45, 2.75) is 32.0 Å². The number of amides is 1. The summed E-state index contributed by atoms with van der Waals surface area (Å²) in [6.45, 7) is 2.48. The van der Waals surface area contributed by atoms with Crippen molar-refractivity contribution in [1.29, 1.82) is 0 Å². The average Bonchev–Trinajstić information content (AvgIpc) is 3.37. The van der Waals surface area contributed by atoms with E-state index in [0.717, 1.165) is 18.6 Å². The molecule has 2 atom stereocenters. The minimum Gasteiger partial charge on any atom is -0.433 e. The van der Waals surface area contributed by atoms with Gasteiger partial charge in [-0.25, -0.2) is 17.7 Å². The van der Waals surface area contributed by atoms with Gasteiger partial charge in [0.2, 0.25) is 0 Å². The Kier molecular flexibility index (Phi) is 6.12. The number of aromatic nitrogens is 2. The van der Waals surface area contributed by atoms with Gasteiger partial charge in [-0.2, -0.15) is 5.10 Å². The van der Waals surface area contributed by atoms with Gasteiger partial charge < -0.3 is 10.1 Å². The Balaban J connectivity index is 1.62. The smallest absolute Gasteiger partial charge is 0.255 e. The number of halogens is 3. The van der Waals surface area contributed by atoms with Crippen LogP contribution in [0.4, 0.5) is 13.2 Å². The largest absolute Gasteiger partial charge is 0.433 e. The van der Waals surface area contributed by atoms with Crippen LogP contribution in [0, 0.1) is 17.5 Å². The van der Waals surface area contributed by atoms with Crippen molar-refractivity contribution < 1.29 is 22.8 Å². The Morgan fingerprint density at radius 2 is 2.13 bits per heavy atom. The van der Waals surface area contributed by atoms with Gasteiger partial charge in [0.25, 0.3) is 5.91 Å². The Bertz CT molecular complexity index is 1120. The van der Waals surface area contributed by atoms with E-state index in [1.165, 1.54) is 16.8 Å². The van der Waals surface area contributed by atoms with Gasteiger partial charge in [-0.15, -0.1) is 0 Å². The normalized spacial score (nSPS) is 17.9. The van der Waals surface area contributed by atoms with E-state index in [2.05, 4.69) is 10.4 Å². The van der Waals surface area contributed by atoms with Crippen LogP contribution in [0.25, 0.3) is 5.52 Å². The first-order valence-corrected chi connectivity index (χ1v) is 12.6. The number of carbonyl (C=O) groups excluding carboxylic acids is 1. The molecule has 1 amide bonds. The molecule has 3 heterocycles. The highest BCUT2D eigenvalue weighted by molar-refractivity contribution is 6.49. The molecule has 0 radical (unpaired) electrons. The number of pyridine rings is 1. The summed E-state index contributed by atoms with van der Waals surface area (Å²) in [5.41, 5.74) is 0.749. The minimum atomic E-state index is -2.00. The summed E-state index contributed by atoms with van der Waals surface area (Å²) in [4.78, 5) is 23.8. The highest BCUT2D eigenvalue weighted by Crippen LogP contribution is 2.35. The monoisotopic (exact) mass is 448 g/mol. The number of rotatable bonds is 6. The lowest BCUT2D eigenvalue weighted by atomic mass is 10.0. The summed E-state index contributed by atoms with van der Waals surface area (Å²) in [6, 6.07) is 4.62. The lowest BCUT2D eigenvalue weighted by Crippen LogP contribution is -2.33. The van der Waals surface area contributed by atoms with Crippen molar-refractivity contribution in [3.63, 3.8) is 0 Å². The summed E-state index contributed by atoms with van der Waals surface area (Å²) in [7, 11) is -2.00. The SMILES string of the molecule is C[Si@H](O)CNC(=O)c1cnn2ccc(CN3CCC[C@@H]3c3cc(F)ccc3F)c(F)c12. The van der Waals surface area contributed by atoms with Crippen molar-refractivity contribution in [3.05, 3.63) is 70.8 Å². The van der Waals surface area contributed by atoms with Crippen LogP contribution in [-0.4, -0.2) is 47.0 Å². The summed E-state index contributed by atoms with van der Waals surface area (Å²) < 4.78 is 44.7. The van der Waals surface area contributed by atoms with E-state index < -0.39 is 32.4 Å². The number of carbonyl (C=O) groups is 1. The molecule has 1 aromatic carbocycles. The van der Waals surface area contributed by atoms with E-state index >= 15 is 4.39 Å². The molecular weight excluding hydrogens is 425 g/mol. The fraction of sp³-hybridized carbons (Fsp3) is 0.333. The standard InChI is InChI=1S/C21H23F3N4O2Si/c1-31(30)12-25-21(29)16-10-26-28-8-6-13(19(24)20(16)28)11-27-7-2-3-18(27)15-9-14(22)4-5-17(15)23/h4-6,8-10,18,30-31H,2-3,7,11-12H2,1H3,(H,25,29)/t18-,31+/m1/s1. The first-order chi connectivity index (χ1) is 14.8. The second-order valence-electron chi connectivity index (χ2n) is 7.86. The molecule has 0 spiro atoms. The predicted molar refractivity (Wildman–Crippen MR) is 111 cm³/mol. The van der Waals surface area contributed by atoms with Crippen molar-refractivity contribution in [3.8, 4) is 0 Å². The molecule has 10 heteroatoms. The third-order valence-corrected chi connectivity index (χ3v) is 6.35. The zero-order chi connectivity index (χ0) is 22.1. The van der Waals surface area contributed by atoms with Gasteiger partial charge in [0.05, 0.1) is 11.8 Å². The molecule has 1 aliphatic rings. The Morgan fingerprint density at radius 1 is 1.32 bits per heavy atom. The number of nitrogens with zero attached hydrogens (tertiary/aromatic N) is 3. The molecule has 0 bridgehead atoms. The predicted octanol–water partition coefficient (Wildman–Crippen LogP) is 2.70. The fourth-order valence-electron chi connectivity index (χ4n) is 4.06. The zero-order valence-corrected chi connectivity index (χ0v) is 18.1. The van der Waals surface area contributed by atoms with E-state index in [-0.39, 0.29) is 35.4 Å². The molecule has 31 heavy (non-hydrogen) atoms. The van der Waals surface area contributed by atoms with Gasteiger partial charge >= 0.3 is 0 Å². The van der Waals surface area contributed by atoms with Crippen molar-refractivity contribution in [2.24, 2.45) is 0 Å². The van der Waals surface area contributed by atoms with Crippen molar-refractivity contribution in [2.75, 3.05) is 12.7 Å². The summed E-state index contributed by atoms with van der Waals surface area (Å²) in [5, 5.41) is 6.65. The van der Waals surface area contributed by atoms with E-state index in [9.17, 15) is 18.4 Å². The number of likely N-dealkylation sites (tertiary alicyclic amines) is 1. The van der Waals surface area contributed by atoms with Gasteiger partial charge in [-0.05, 0) is 50.2 Å². The molecule has 1 aliphatic heterocycles. The van der Waals surface area contributed by atoms with Crippen LogP contribution in [0.15, 0.2) is 36.7 Å². The number of hydrogen-bond acceptors (Lipinski definition) is 4. The van der Waals surface area contributed by atoms with Crippen LogP contribution >= 0.6 is 0 Å². The maximum Gasteiger partial charge on any atom is 0.255 e. The second kappa shape index (κ2) is 8.81. The second-order valence-corrected chi connectivity index (χ2v) is 9.97. The zero-order valence-electron chi connectivity index (χ0n) is 17.0. The molecule has 1 saturated heterocycles. The molecule has 1 fully saturated rings. The Hall–Kier alpha value is -2.69. The Morgan fingerprint density at radius 3 is 2.90 bits per heavy atom. The average molecular weight is 449 g/mol. The molecule has 0 unspecified atom stereocenters. The molecule has 164 valence electrons. The molecule has 2 N–H and O–H groups in total. The first kappa shape index (κ1) is 21.5. The van der Waals surface area contributed by atoms with Crippen LogP contribution in [-0.2, 0) is 6.54 Å². The van der Waals surface area contributed by atoms with Crippen LogP contribution in [0.2, 0.25) is 6.55 Å². The van der Waals surface area contributed by atoms with E-state index in [4.69, 9.17) is 0 Å². The van der Waals surface area contributed by atoms with Crippen molar-refractivity contribution in [1.82, 2.24) is 19.8 Å². The molecule has 4 rings (SSSR count). The van der Waals surface area contributed by atoms with Gasteiger partial charge in [0.15, 0.2) is 14.9 Å². The van der Waals surface area contributed by atoms with Gasteiger partial charge in [-0.1, -0.05) is 0 Å². The third-order valence-electron chi connectivity index (χ3n) is 5.56. The number of fused-ring (bicyclic) bond motifs is 1. The van der Waals surface area contributed by atoms with Crippen LogP contribution in [0.3, 0.4) is 0 Å². The van der Waals surface area contributed by atoms with Gasteiger partial charge in [0, 0.05) is 36.1 Å². The van der Waals surface area contributed by atoms with Gasteiger partial charge in [-0.3, -0.25) is 9.69 Å². The van der Waals surface area contributed by atoms with E-state index in [0.29, 0.717) is 18.5 Å². The lowest BCUT2D eigenvalue weighted by Gasteiger charge is -2.25. The molecular formula is C21H23F3N4O2Si. The van der Waals surface area contributed by atoms with Crippen LogP contribution in [0.1, 0.15) is 40.4 Å². The van der Waals surface area contributed by atoms with Gasteiger partial charge in [0.1, 0.15) is 17.2 Å². The highest BCUT2D eigenvalue weighted by atomic mass is 28.3. The molecule has 2 aromatic heterocycles. The minimum absolute atomic E-state index is 0.0509. The summed E-state index contributed by atoms with van der Waals surface area (Å²) in [5.74, 6) is -2.07. The number of hydrogen-bond donors (Lipinski definition) is 2. The first-order valence-electron chi connectivity index (χ1n) is 10.1. The van der Waals surface area contributed by atoms with Crippen LogP contribution in [0.5, 0.6) is 0 Å². The van der Waals surface area contributed by atoms with Crippen molar-refractivity contribution >= 4 is 20.5 Å². The fourth-order valence-corrected chi connectivity index (χ4v) is 4.54. The molecule has 3 aromatic rings. The molecule has 0 aliphatic carbocycles. The highest BCUT2D eigenvalue weighted by Gasteiger charge is 2.30. The quantitative estimate of drug-likeness (QED) is 0.569. The maximum absolute atomic E-state index is 15.4. The van der Waals surface area contributed by atoms with E-state index in [1.807, 2.05) is 4.90 Å². The Labute approximate surface area is 179 Å². The maximum atomic E-state index is 15.4. The molecule has 0 saturated carbocycles. The molecule has 6 nitrogen and oxygen atoms in total. The number of benzene rings is 1. The number of nitrogens with one attached hydrogen (secondary N) is 1.